The molecule has 24 heavy (non-hydrogen) atoms. The lowest BCUT2D eigenvalue weighted by Crippen LogP contribution is -2.54. The van der Waals surface area contributed by atoms with Gasteiger partial charge in [-0.2, -0.15) is 0 Å². The number of hydrogen-bond donors (Lipinski definition) is 2. The van der Waals surface area contributed by atoms with Crippen LogP contribution in [0.4, 0.5) is 8.78 Å². The molecule has 0 bridgehead atoms. The third-order valence-corrected chi connectivity index (χ3v) is 4.31. The summed E-state index contributed by atoms with van der Waals surface area (Å²) in [6.07, 6.45) is 0. The molecule has 6 heteroatoms. The second kappa shape index (κ2) is 8.53. The van der Waals surface area contributed by atoms with Crippen LogP contribution in [0.3, 0.4) is 0 Å². The minimum absolute atomic E-state index is 0. The minimum atomic E-state index is -0.286. The first kappa shape index (κ1) is 18.8. The summed E-state index contributed by atoms with van der Waals surface area (Å²) >= 11 is 0. The van der Waals surface area contributed by atoms with Gasteiger partial charge in [0.1, 0.15) is 11.6 Å². The zero-order valence-corrected chi connectivity index (χ0v) is 14.0. The number of nitrogens with zero attached hydrogens (tertiary/aromatic N) is 1. The Bertz CT molecular complexity index is 591. The lowest BCUT2D eigenvalue weighted by Gasteiger charge is -2.41. The Morgan fingerprint density at radius 2 is 1.50 bits per heavy atom. The molecule has 3 nitrogen and oxygen atoms in total. The number of aliphatic hydroxyl groups is 1. The van der Waals surface area contributed by atoms with Crippen molar-refractivity contribution in [3.8, 4) is 0 Å². The van der Waals surface area contributed by atoms with E-state index in [4.69, 9.17) is 0 Å². The van der Waals surface area contributed by atoms with Gasteiger partial charge in [0.15, 0.2) is 0 Å². The lowest BCUT2D eigenvalue weighted by atomic mass is 9.94. The summed E-state index contributed by atoms with van der Waals surface area (Å²) < 4.78 is 26.6. The molecular formula is C18H21ClF2N2O. The maximum atomic E-state index is 13.3. The first-order chi connectivity index (χ1) is 11.2. The Morgan fingerprint density at radius 1 is 1.00 bits per heavy atom. The summed E-state index contributed by atoms with van der Waals surface area (Å²) in [6.45, 7) is 2.29. The molecule has 0 spiro atoms. The van der Waals surface area contributed by atoms with E-state index >= 15 is 0 Å². The fourth-order valence-corrected chi connectivity index (χ4v) is 3.15. The van der Waals surface area contributed by atoms with Gasteiger partial charge in [0.05, 0.1) is 12.6 Å². The smallest absolute Gasteiger partial charge is 0.123 e. The molecule has 0 saturated carbocycles. The van der Waals surface area contributed by atoms with Crippen LogP contribution in [0.1, 0.15) is 17.2 Å². The van der Waals surface area contributed by atoms with Crippen LogP contribution in [0, 0.1) is 11.6 Å². The summed E-state index contributed by atoms with van der Waals surface area (Å²) in [4.78, 5) is 2.19. The molecular weight excluding hydrogens is 334 g/mol. The van der Waals surface area contributed by atoms with Crippen LogP contribution >= 0.6 is 12.4 Å². The van der Waals surface area contributed by atoms with Crippen molar-refractivity contribution < 1.29 is 13.9 Å². The van der Waals surface area contributed by atoms with Crippen LogP contribution in [0.5, 0.6) is 0 Å². The molecule has 1 saturated heterocycles. The van der Waals surface area contributed by atoms with Crippen LogP contribution in [-0.4, -0.2) is 42.3 Å². The summed E-state index contributed by atoms with van der Waals surface area (Å²) in [6, 6.07) is 12.5. The lowest BCUT2D eigenvalue weighted by molar-refractivity contribution is 0.0759. The number of piperazine rings is 1. The van der Waals surface area contributed by atoms with E-state index < -0.39 is 0 Å². The Balaban J connectivity index is 0.00000208. The number of halogens is 3. The van der Waals surface area contributed by atoms with Gasteiger partial charge in [0, 0.05) is 25.7 Å². The average molecular weight is 355 g/mol. The van der Waals surface area contributed by atoms with Crippen molar-refractivity contribution in [2.24, 2.45) is 0 Å². The van der Waals surface area contributed by atoms with Gasteiger partial charge >= 0.3 is 0 Å². The Morgan fingerprint density at radius 3 is 1.96 bits per heavy atom. The molecule has 2 aromatic carbocycles. The van der Waals surface area contributed by atoms with Crippen LogP contribution in [0.25, 0.3) is 0 Å². The molecule has 1 aliphatic rings. The predicted molar refractivity (Wildman–Crippen MR) is 92.3 cm³/mol. The van der Waals surface area contributed by atoms with Gasteiger partial charge in [-0.3, -0.25) is 4.90 Å². The van der Waals surface area contributed by atoms with E-state index in [1.54, 1.807) is 24.3 Å². The average Bonchev–Trinajstić information content (AvgIpc) is 2.59. The quantitative estimate of drug-likeness (QED) is 0.886. The highest BCUT2D eigenvalue weighted by Gasteiger charge is 2.30. The second-order valence-corrected chi connectivity index (χ2v) is 5.78. The van der Waals surface area contributed by atoms with E-state index in [9.17, 15) is 13.9 Å². The molecule has 1 heterocycles. The molecule has 130 valence electrons. The number of benzene rings is 2. The van der Waals surface area contributed by atoms with Crippen molar-refractivity contribution in [2.75, 3.05) is 26.2 Å². The fraction of sp³-hybridized carbons (Fsp3) is 0.333. The van der Waals surface area contributed by atoms with Gasteiger partial charge in [0.25, 0.3) is 0 Å². The van der Waals surface area contributed by atoms with Crippen molar-refractivity contribution >= 4 is 12.4 Å². The predicted octanol–water partition coefficient (Wildman–Crippen LogP) is 2.74. The number of aliphatic hydroxyl groups excluding tert-OH is 1. The van der Waals surface area contributed by atoms with E-state index in [-0.39, 0.29) is 42.7 Å². The molecule has 0 aromatic heterocycles. The normalized spacial score (nSPS) is 18.4. The maximum Gasteiger partial charge on any atom is 0.123 e. The van der Waals surface area contributed by atoms with E-state index in [2.05, 4.69) is 10.2 Å². The van der Waals surface area contributed by atoms with E-state index in [1.807, 2.05) is 0 Å². The fourth-order valence-electron chi connectivity index (χ4n) is 3.15. The third kappa shape index (κ3) is 4.11. The summed E-state index contributed by atoms with van der Waals surface area (Å²) in [7, 11) is 0. The largest absolute Gasteiger partial charge is 0.395 e. The number of nitrogens with one attached hydrogen (secondary N) is 1. The van der Waals surface area contributed by atoms with Crippen LogP contribution < -0.4 is 5.32 Å². The SMILES string of the molecule is Cl.OCC1CNCCN1C(c1ccc(F)cc1)c1ccc(F)cc1. The van der Waals surface area contributed by atoms with E-state index in [1.165, 1.54) is 24.3 Å². The van der Waals surface area contributed by atoms with Crippen LogP contribution in [0.2, 0.25) is 0 Å². The van der Waals surface area contributed by atoms with Gasteiger partial charge in [-0.15, -0.1) is 12.4 Å². The summed E-state index contributed by atoms with van der Waals surface area (Å²) in [5, 5.41) is 13.0. The molecule has 1 atom stereocenters. The Labute approximate surface area is 146 Å². The standard InChI is InChI=1S/C18H20F2N2O.ClH/c19-15-5-1-13(2-6-15)18(14-3-7-16(20)8-4-14)22-10-9-21-11-17(22)12-23;/h1-8,17-18,21,23H,9-12H2;1H. The van der Waals surface area contributed by atoms with Gasteiger partial charge in [-0.25, -0.2) is 8.78 Å². The first-order valence-electron chi connectivity index (χ1n) is 7.77. The van der Waals surface area contributed by atoms with Crippen LogP contribution in [0.15, 0.2) is 48.5 Å². The Kier molecular flexibility index (Phi) is 6.69. The number of hydrogen-bond acceptors (Lipinski definition) is 3. The third-order valence-electron chi connectivity index (χ3n) is 4.31. The van der Waals surface area contributed by atoms with Gasteiger partial charge in [-0.05, 0) is 35.4 Å². The van der Waals surface area contributed by atoms with Crippen molar-refractivity contribution in [1.82, 2.24) is 10.2 Å². The van der Waals surface area contributed by atoms with E-state index in [0.717, 1.165) is 24.2 Å². The molecule has 3 rings (SSSR count). The van der Waals surface area contributed by atoms with Crippen molar-refractivity contribution in [1.29, 1.82) is 0 Å². The number of rotatable bonds is 4. The molecule has 0 radical (unpaired) electrons. The monoisotopic (exact) mass is 354 g/mol. The second-order valence-electron chi connectivity index (χ2n) is 5.78. The highest BCUT2D eigenvalue weighted by molar-refractivity contribution is 5.85. The van der Waals surface area contributed by atoms with Gasteiger partial charge < -0.3 is 10.4 Å². The highest BCUT2D eigenvalue weighted by Crippen LogP contribution is 2.31. The van der Waals surface area contributed by atoms with Crippen molar-refractivity contribution in [3.05, 3.63) is 71.3 Å². The van der Waals surface area contributed by atoms with E-state index in [0.29, 0.717) is 6.54 Å². The minimum Gasteiger partial charge on any atom is -0.395 e. The molecule has 0 aliphatic carbocycles. The molecule has 1 aliphatic heterocycles. The molecule has 1 fully saturated rings. The van der Waals surface area contributed by atoms with Crippen molar-refractivity contribution in [3.63, 3.8) is 0 Å². The summed E-state index contributed by atoms with van der Waals surface area (Å²) in [5.74, 6) is -0.573. The first-order valence-corrected chi connectivity index (χ1v) is 7.77. The zero-order chi connectivity index (χ0) is 16.2. The Hall–Kier alpha value is -1.53. The maximum absolute atomic E-state index is 13.3. The van der Waals surface area contributed by atoms with Gasteiger partial charge in [0.2, 0.25) is 0 Å². The topological polar surface area (TPSA) is 35.5 Å². The molecule has 1 unspecified atom stereocenters. The van der Waals surface area contributed by atoms with Crippen molar-refractivity contribution in [2.45, 2.75) is 12.1 Å². The van der Waals surface area contributed by atoms with Gasteiger partial charge in [-0.1, -0.05) is 24.3 Å². The molecule has 0 amide bonds. The zero-order valence-electron chi connectivity index (χ0n) is 13.2. The summed E-state index contributed by atoms with van der Waals surface area (Å²) in [5.41, 5.74) is 1.86. The highest BCUT2D eigenvalue weighted by atomic mass is 35.5. The molecule has 2 N–H and O–H groups in total. The van der Waals surface area contributed by atoms with Crippen LogP contribution in [-0.2, 0) is 0 Å². The molecule has 2 aromatic rings.